The molecular weight excluding hydrogens is 378 g/mol. The number of methoxy groups -OCH3 is 1. The second-order valence-electron chi connectivity index (χ2n) is 6.52. The molecule has 1 aliphatic rings. The van der Waals surface area contributed by atoms with Crippen molar-refractivity contribution in [2.24, 2.45) is 0 Å². The van der Waals surface area contributed by atoms with Crippen LogP contribution in [0.15, 0.2) is 29.4 Å². The number of carbonyl (C=O) groups excluding carboxylic acids is 1. The molecule has 0 saturated carbocycles. The quantitative estimate of drug-likeness (QED) is 0.621. The van der Waals surface area contributed by atoms with E-state index in [0.29, 0.717) is 25.5 Å². The Balaban J connectivity index is 1.58. The monoisotopic (exact) mass is 405 g/mol. The average molecular weight is 406 g/mol. The van der Waals surface area contributed by atoms with Crippen LogP contribution in [-0.2, 0) is 22.6 Å². The number of thioether (sulfide) groups is 1. The molecule has 1 aliphatic heterocycles. The first-order valence-electron chi connectivity index (χ1n) is 9.38. The molecule has 0 spiro atoms. The van der Waals surface area contributed by atoms with Crippen molar-refractivity contribution in [2.75, 3.05) is 51.1 Å². The highest BCUT2D eigenvalue weighted by molar-refractivity contribution is 7.99. The van der Waals surface area contributed by atoms with Crippen LogP contribution in [0.5, 0.6) is 5.75 Å². The van der Waals surface area contributed by atoms with Crippen LogP contribution in [0.2, 0.25) is 0 Å². The molecule has 8 nitrogen and oxygen atoms in total. The highest BCUT2D eigenvalue weighted by atomic mass is 32.2. The van der Waals surface area contributed by atoms with Crippen molar-refractivity contribution in [3.8, 4) is 5.75 Å². The molecule has 1 saturated heterocycles. The molecule has 1 aromatic carbocycles. The fourth-order valence-electron chi connectivity index (χ4n) is 3.03. The van der Waals surface area contributed by atoms with Crippen molar-refractivity contribution in [2.45, 2.75) is 25.2 Å². The zero-order valence-corrected chi connectivity index (χ0v) is 17.4. The van der Waals surface area contributed by atoms with E-state index in [0.717, 1.165) is 42.1 Å². The Morgan fingerprint density at radius 3 is 2.82 bits per heavy atom. The van der Waals surface area contributed by atoms with Gasteiger partial charge in [-0.3, -0.25) is 9.36 Å². The Morgan fingerprint density at radius 2 is 2.11 bits per heavy atom. The number of nitrogens with zero attached hydrogens (tertiary/aromatic N) is 5. The molecule has 1 fully saturated rings. The van der Waals surface area contributed by atoms with Gasteiger partial charge < -0.3 is 19.3 Å². The van der Waals surface area contributed by atoms with Gasteiger partial charge in [-0.15, -0.1) is 10.2 Å². The predicted octanol–water partition coefficient (Wildman–Crippen LogP) is 1.89. The number of carbonyl (C=O) groups is 1. The minimum Gasteiger partial charge on any atom is -0.497 e. The summed E-state index contributed by atoms with van der Waals surface area (Å²) in [6.07, 6.45) is 0. The summed E-state index contributed by atoms with van der Waals surface area (Å²) >= 11 is 1.43. The Bertz CT molecular complexity index is 792. The van der Waals surface area contributed by atoms with Crippen LogP contribution in [0.1, 0.15) is 12.5 Å². The Kier molecular flexibility index (Phi) is 7.16. The van der Waals surface area contributed by atoms with Gasteiger partial charge in [-0.2, -0.15) is 0 Å². The van der Waals surface area contributed by atoms with Crippen molar-refractivity contribution in [3.63, 3.8) is 0 Å². The van der Waals surface area contributed by atoms with Gasteiger partial charge in [0.05, 0.1) is 26.1 Å². The number of rotatable bonds is 8. The maximum Gasteiger partial charge on any atom is 0.233 e. The molecule has 2 heterocycles. The van der Waals surface area contributed by atoms with Gasteiger partial charge in [-0.25, -0.2) is 0 Å². The Hall–Kier alpha value is -2.26. The van der Waals surface area contributed by atoms with E-state index in [4.69, 9.17) is 9.47 Å². The molecule has 28 heavy (non-hydrogen) atoms. The second kappa shape index (κ2) is 9.79. The fraction of sp³-hybridized carbons (Fsp3) is 0.526. The normalized spacial score (nSPS) is 14.2. The summed E-state index contributed by atoms with van der Waals surface area (Å²) in [4.78, 5) is 16.5. The molecule has 3 rings (SSSR count). The summed E-state index contributed by atoms with van der Waals surface area (Å²) in [6, 6.07) is 7.75. The summed E-state index contributed by atoms with van der Waals surface area (Å²) in [5.41, 5.74) is 1.03. The number of amides is 1. The third kappa shape index (κ3) is 4.96. The molecule has 0 N–H and O–H groups in total. The Labute approximate surface area is 169 Å². The van der Waals surface area contributed by atoms with Crippen LogP contribution < -0.4 is 9.64 Å². The van der Waals surface area contributed by atoms with E-state index in [9.17, 15) is 4.79 Å². The lowest BCUT2D eigenvalue weighted by Gasteiger charge is -2.27. The molecule has 1 amide bonds. The fourth-order valence-corrected chi connectivity index (χ4v) is 3.97. The molecule has 0 bridgehead atoms. The lowest BCUT2D eigenvalue weighted by molar-refractivity contribution is -0.127. The molecule has 0 unspecified atom stereocenters. The molecule has 0 radical (unpaired) electrons. The van der Waals surface area contributed by atoms with Crippen molar-refractivity contribution in [1.29, 1.82) is 0 Å². The molecule has 2 aromatic rings. The number of anilines is 1. The van der Waals surface area contributed by atoms with Gasteiger partial charge >= 0.3 is 0 Å². The highest BCUT2D eigenvalue weighted by Crippen LogP contribution is 2.23. The standard InChI is InChI=1S/C19H27N5O3S/c1-4-24-18(23-8-10-27-11-9-23)20-21-19(24)28-14-17(25)22(2)13-15-6-5-7-16(12-15)26-3/h5-7,12H,4,8-11,13-14H2,1-3H3. The van der Waals surface area contributed by atoms with Gasteiger partial charge in [0.15, 0.2) is 5.16 Å². The van der Waals surface area contributed by atoms with Crippen molar-refractivity contribution >= 4 is 23.6 Å². The van der Waals surface area contributed by atoms with Crippen LogP contribution in [-0.4, -0.2) is 71.8 Å². The Morgan fingerprint density at radius 1 is 1.32 bits per heavy atom. The number of hydrogen-bond acceptors (Lipinski definition) is 7. The van der Waals surface area contributed by atoms with Crippen molar-refractivity contribution < 1.29 is 14.3 Å². The van der Waals surface area contributed by atoms with Crippen LogP contribution in [0.4, 0.5) is 5.95 Å². The van der Waals surface area contributed by atoms with E-state index in [2.05, 4.69) is 26.6 Å². The summed E-state index contributed by atoms with van der Waals surface area (Å²) in [7, 11) is 3.45. The maximum absolute atomic E-state index is 12.6. The van der Waals surface area contributed by atoms with Gasteiger partial charge in [-0.1, -0.05) is 23.9 Å². The maximum atomic E-state index is 12.6. The van der Waals surface area contributed by atoms with Crippen molar-refractivity contribution in [1.82, 2.24) is 19.7 Å². The van der Waals surface area contributed by atoms with Crippen LogP contribution >= 0.6 is 11.8 Å². The molecule has 1 aromatic heterocycles. The van der Waals surface area contributed by atoms with Crippen LogP contribution in [0.3, 0.4) is 0 Å². The van der Waals surface area contributed by atoms with Gasteiger partial charge in [-0.05, 0) is 24.6 Å². The van der Waals surface area contributed by atoms with Gasteiger partial charge in [0.2, 0.25) is 11.9 Å². The van der Waals surface area contributed by atoms with E-state index in [1.54, 1.807) is 12.0 Å². The molecule has 152 valence electrons. The van der Waals surface area contributed by atoms with E-state index >= 15 is 0 Å². The number of ether oxygens (including phenoxy) is 2. The highest BCUT2D eigenvalue weighted by Gasteiger charge is 2.21. The minimum absolute atomic E-state index is 0.0476. The predicted molar refractivity (Wildman–Crippen MR) is 109 cm³/mol. The van der Waals surface area contributed by atoms with Gasteiger partial charge in [0.1, 0.15) is 5.75 Å². The number of aromatic nitrogens is 3. The first-order valence-corrected chi connectivity index (χ1v) is 10.4. The smallest absolute Gasteiger partial charge is 0.233 e. The van der Waals surface area contributed by atoms with Crippen molar-refractivity contribution in [3.05, 3.63) is 29.8 Å². The van der Waals surface area contributed by atoms with E-state index in [1.165, 1.54) is 11.8 Å². The van der Waals surface area contributed by atoms with E-state index in [1.807, 2.05) is 31.3 Å². The van der Waals surface area contributed by atoms with Crippen LogP contribution in [0.25, 0.3) is 0 Å². The SMILES string of the molecule is CCn1c(SCC(=O)N(C)Cc2cccc(OC)c2)nnc1N1CCOCC1. The number of benzene rings is 1. The zero-order chi connectivity index (χ0) is 19.9. The summed E-state index contributed by atoms with van der Waals surface area (Å²) in [6.45, 7) is 6.38. The zero-order valence-electron chi connectivity index (χ0n) is 16.6. The topological polar surface area (TPSA) is 72.7 Å². The number of morpholine rings is 1. The minimum atomic E-state index is 0.0476. The largest absolute Gasteiger partial charge is 0.497 e. The average Bonchev–Trinajstić information content (AvgIpc) is 3.15. The summed E-state index contributed by atoms with van der Waals surface area (Å²) in [5.74, 6) is 2.01. The first-order chi connectivity index (χ1) is 13.6. The second-order valence-corrected chi connectivity index (χ2v) is 7.46. The first kappa shape index (κ1) is 20.5. The van der Waals surface area contributed by atoms with E-state index in [-0.39, 0.29) is 5.91 Å². The third-order valence-corrected chi connectivity index (χ3v) is 5.56. The van der Waals surface area contributed by atoms with Crippen LogP contribution in [0, 0.1) is 0 Å². The van der Waals surface area contributed by atoms with Gasteiger partial charge in [0.25, 0.3) is 0 Å². The summed E-state index contributed by atoms with van der Waals surface area (Å²) < 4.78 is 12.7. The summed E-state index contributed by atoms with van der Waals surface area (Å²) in [5, 5.41) is 9.42. The lowest BCUT2D eigenvalue weighted by atomic mass is 10.2. The van der Waals surface area contributed by atoms with E-state index < -0.39 is 0 Å². The van der Waals surface area contributed by atoms with Gasteiger partial charge in [0, 0.05) is 33.2 Å². The lowest BCUT2D eigenvalue weighted by Crippen LogP contribution is -2.38. The molecule has 0 aliphatic carbocycles. The number of hydrogen-bond donors (Lipinski definition) is 0. The molecular formula is C19H27N5O3S. The third-order valence-electron chi connectivity index (χ3n) is 4.61. The molecule has 9 heteroatoms. The molecule has 0 atom stereocenters.